The summed E-state index contributed by atoms with van der Waals surface area (Å²) in [4.78, 5) is 0. The van der Waals surface area contributed by atoms with E-state index in [1.54, 1.807) is 0 Å². The van der Waals surface area contributed by atoms with Crippen LogP contribution in [0.15, 0.2) is 29.4 Å². The van der Waals surface area contributed by atoms with Gasteiger partial charge in [-0.05, 0) is 24.6 Å². The predicted octanol–water partition coefficient (Wildman–Crippen LogP) is 1.73. The highest BCUT2D eigenvalue weighted by Crippen LogP contribution is 2.20. The Bertz CT molecular complexity index is 357. The Morgan fingerprint density at radius 2 is 2.36 bits per heavy atom. The maximum Gasteiger partial charge on any atom is 0.0597 e. The van der Waals surface area contributed by atoms with Crippen LogP contribution in [0.2, 0.25) is 0 Å². The summed E-state index contributed by atoms with van der Waals surface area (Å²) in [5.41, 5.74) is 9.09. The number of rotatable bonds is 2. The number of nitrogens with zero attached hydrogens (tertiary/aromatic N) is 2. The van der Waals surface area contributed by atoms with Gasteiger partial charge in [0.15, 0.2) is 0 Å². The van der Waals surface area contributed by atoms with Crippen molar-refractivity contribution in [1.29, 1.82) is 0 Å². The molecule has 0 aliphatic carbocycles. The predicted molar refractivity (Wildman–Crippen MR) is 59.4 cm³/mol. The third-order valence-electron chi connectivity index (χ3n) is 2.42. The zero-order valence-electron chi connectivity index (χ0n) is 8.40. The summed E-state index contributed by atoms with van der Waals surface area (Å²) >= 11 is 0. The van der Waals surface area contributed by atoms with E-state index in [0.29, 0.717) is 6.54 Å². The lowest BCUT2D eigenvalue weighted by Crippen LogP contribution is -2.12. The summed E-state index contributed by atoms with van der Waals surface area (Å²) in [6.07, 6.45) is 1.06. The van der Waals surface area contributed by atoms with Crippen molar-refractivity contribution in [2.45, 2.75) is 19.9 Å². The zero-order valence-corrected chi connectivity index (χ0v) is 8.40. The van der Waals surface area contributed by atoms with Crippen LogP contribution in [0.5, 0.6) is 0 Å². The van der Waals surface area contributed by atoms with Gasteiger partial charge in [0, 0.05) is 25.2 Å². The van der Waals surface area contributed by atoms with Gasteiger partial charge in [-0.2, -0.15) is 5.10 Å². The molecule has 0 unspecified atom stereocenters. The Labute approximate surface area is 84.2 Å². The Balaban J connectivity index is 2.24. The number of hydrogen-bond donors (Lipinski definition) is 1. The molecule has 0 saturated carbocycles. The van der Waals surface area contributed by atoms with E-state index in [4.69, 9.17) is 5.73 Å². The van der Waals surface area contributed by atoms with Crippen LogP contribution in [0.25, 0.3) is 0 Å². The Morgan fingerprint density at radius 3 is 3.00 bits per heavy atom. The van der Waals surface area contributed by atoms with Crippen LogP contribution in [0.1, 0.15) is 18.9 Å². The second-order valence-corrected chi connectivity index (χ2v) is 3.58. The van der Waals surface area contributed by atoms with E-state index in [-0.39, 0.29) is 0 Å². The van der Waals surface area contributed by atoms with Crippen LogP contribution >= 0.6 is 0 Å². The van der Waals surface area contributed by atoms with E-state index in [9.17, 15) is 0 Å². The van der Waals surface area contributed by atoms with Crippen LogP contribution in [0.4, 0.5) is 5.69 Å². The maximum absolute atomic E-state index is 5.59. The second-order valence-electron chi connectivity index (χ2n) is 3.58. The average Bonchev–Trinajstić information content (AvgIpc) is 2.65. The summed E-state index contributed by atoms with van der Waals surface area (Å²) in [6, 6.07) is 8.24. The molecule has 1 aliphatic heterocycles. The Hall–Kier alpha value is -1.35. The molecular weight excluding hydrogens is 174 g/mol. The van der Waals surface area contributed by atoms with E-state index in [1.807, 2.05) is 17.1 Å². The lowest BCUT2D eigenvalue weighted by atomic mass is 10.2. The molecule has 14 heavy (non-hydrogen) atoms. The van der Waals surface area contributed by atoms with Crippen LogP contribution in [-0.4, -0.2) is 12.3 Å². The minimum Gasteiger partial charge on any atom is -0.326 e. The molecule has 2 N–H and O–H groups in total. The first-order chi connectivity index (χ1) is 6.79. The van der Waals surface area contributed by atoms with Gasteiger partial charge in [0.05, 0.1) is 5.69 Å². The van der Waals surface area contributed by atoms with Crippen molar-refractivity contribution < 1.29 is 0 Å². The summed E-state index contributed by atoms with van der Waals surface area (Å²) in [6.45, 7) is 3.64. The molecule has 0 bridgehead atoms. The topological polar surface area (TPSA) is 41.6 Å². The zero-order chi connectivity index (χ0) is 9.97. The number of anilines is 1. The maximum atomic E-state index is 5.59. The first-order valence-electron chi connectivity index (χ1n) is 4.90. The summed E-state index contributed by atoms with van der Waals surface area (Å²) in [5.74, 6) is 0. The molecule has 3 heteroatoms. The summed E-state index contributed by atoms with van der Waals surface area (Å²) in [5, 5.41) is 6.48. The second kappa shape index (κ2) is 3.80. The van der Waals surface area contributed by atoms with Gasteiger partial charge in [0.2, 0.25) is 0 Å². The smallest absolute Gasteiger partial charge is 0.0597 e. The third kappa shape index (κ3) is 1.77. The molecular formula is C11H15N3. The Kier molecular flexibility index (Phi) is 2.50. The number of hydrogen-bond acceptors (Lipinski definition) is 3. The fourth-order valence-corrected chi connectivity index (χ4v) is 1.60. The van der Waals surface area contributed by atoms with Gasteiger partial charge in [-0.15, -0.1) is 0 Å². The van der Waals surface area contributed by atoms with Gasteiger partial charge in [-0.25, -0.2) is 0 Å². The first kappa shape index (κ1) is 9.21. The standard InChI is InChI=1S/C11H15N3/c1-9-5-6-14(13-9)11-4-2-3-10(7-11)8-12/h2-4,7H,5-6,8,12H2,1H3. The van der Waals surface area contributed by atoms with Crippen LogP contribution in [0.3, 0.4) is 0 Å². The molecule has 0 radical (unpaired) electrons. The molecule has 1 aliphatic rings. The highest BCUT2D eigenvalue weighted by atomic mass is 15.5. The molecule has 0 aromatic heterocycles. The van der Waals surface area contributed by atoms with Crippen molar-refractivity contribution in [3.63, 3.8) is 0 Å². The van der Waals surface area contributed by atoms with Gasteiger partial charge in [-0.1, -0.05) is 12.1 Å². The third-order valence-corrected chi connectivity index (χ3v) is 2.42. The fraction of sp³-hybridized carbons (Fsp3) is 0.364. The van der Waals surface area contributed by atoms with Gasteiger partial charge in [0.1, 0.15) is 0 Å². The minimum absolute atomic E-state index is 0.588. The van der Waals surface area contributed by atoms with Crippen LogP contribution in [0, 0.1) is 0 Å². The summed E-state index contributed by atoms with van der Waals surface area (Å²) in [7, 11) is 0. The van der Waals surface area contributed by atoms with E-state index in [1.165, 1.54) is 5.71 Å². The molecule has 0 amide bonds. The molecule has 0 saturated heterocycles. The monoisotopic (exact) mass is 189 g/mol. The number of nitrogens with two attached hydrogens (primary N) is 1. The van der Waals surface area contributed by atoms with E-state index >= 15 is 0 Å². The molecule has 0 atom stereocenters. The van der Waals surface area contributed by atoms with E-state index < -0.39 is 0 Å². The van der Waals surface area contributed by atoms with Crippen molar-refractivity contribution in [3.05, 3.63) is 29.8 Å². The fourth-order valence-electron chi connectivity index (χ4n) is 1.60. The van der Waals surface area contributed by atoms with Crippen molar-refractivity contribution in [1.82, 2.24) is 0 Å². The van der Waals surface area contributed by atoms with Crippen molar-refractivity contribution in [3.8, 4) is 0 Å². The normalized spacial score (nSPS) is 15.9. The summed E-state index contributed by atoms with van der Waals surface area (Å²) < 4.78 is 0. The molecule has 74 valence electrons. The number of hydrazone groups is 1. The van der Waals surface area contributed by atoms with E-state index in [0.717, 1.165) is 24.2 Å². The highest BCUT2D eigenvalue weighted by molar-refractivity contribution is 5.85. The average molecular weight is 189 g/mol. The molecule has 0 fully saturated rings. The van der Waals surface area contributed by atoms with Gasteiger partial charge in [0.25, 0.3) is 0 Å². The molecule has 0 spiro atoms. The molecule has 1 aromatic rings. The molecule has 1 aromatic carbocycles. The molecule has 1 heterocycles. The Morgan fingerprint density at radius 1 is 1.50 bits per heavy atom. The van der Waals surface area contributed by atoms with Gasteiger partial charge >= 0.3 is 0 Å². The van der Waals surface area contributed by atoms with Crippen molar-refractivity contribution in [2.24, 2.45) is 10.8 Å². The molecule has 3 nitrogen and oxygen atoms in total. The quantitative estimate of drug-likeness (QED) is 0.769. The first-order valence-corrected chi connectivity index (χ1v) is 4.90. The highest BCUT2D eigenvalue weighted by Gasteiger charge is 2.12. The van der Waals surface area contributed by atoms with E-state index in [2.05, 4.69) is 24.2 Å². The van der Waals surface area contributed by atoms with Crippen molar-refractivity contribution in [2.75, 3.05) is 11.6 Å². The van der Waals surface area contributed by atoms with Crippen LogP contribution in [-0.2, 0) is 6.54 Å². The SMILES string of the molecule is CC1=NN(c2cccc(CN)c2)CC1. The number of benzene rings is 1. The lowest BCUT2D eigenvalue weighted by Gasteiger charge is -2.14. The van der Waals surface area contributed by atoms with Gasteiger partial charge in [-0.3, -0.25) is 5.01 Å². The minimum atomic E-state index is 0.588. The van der Waals surface area contributed by atoms with Gasteiger partial charge < -0.3 is 5.73 Å². The largest absolute Gasteiger partial charge is 0.326 e. The lowest BCUT2D eigenvalue weighted by molar-refractivity contribution is 0.918. The van der Waals surface area contributed by atoms with Crippen LogP contribution < -0.4 is 10.7 Å². The van der Waals surface area contributed by atoms with Crippen molar-refractivity contribution >= 4 is 11.4 Å². The molecule has 2 rings (SSSR count).